The molecule has 136 valence electrons. The monoisotopic (exact) mass is 362 g/mol. The van der Waals surface area contributed by atoms with E-state index in [1.165, 1.54) is 0 Å². The number of nitrogen functional groups attached to an aromatic ring is 1. The van der Waals surface area contributed by atoms with Gasteiger partial charge in [-0.05, 0) is 43.2 Å². The Balaban J connectivity index is 1.93. The number of hydrogen-bond acceptors (Lipinski definition) is 9. The van der Waals surface area contributed by atoms with Crippen molar-refractivity contribution >= 4 is 22.7 Å². The Labute approximate surface area is 155 Å². The van der Waals surface area contributed by atoms with Gasteiger partial charge in [0.05, 0.1) is 22.7 Å². The van der Waals surface area contributed by atoms with Crippen molar-refractivity contribution < 1.29 is 4.63 Å². The number of aryl methyl sites for hydroxylation is 1. The zero-order valence-corrected chi connectivity index (χ0v) is 15.2. The lowest BCUT2D eigenvalue weighted by Crippen LogP contribution is -2.22. The standard InChI is InChI=1S/C18H18N8O/c1-10-13(14(21)15-17(23-10)26-27-25-15)6-12-5-4-11(7-19)16(24-12)22-9-18(2,3)8-20/h4-5H,6,9,21H2,1-3H3,(H,22,24). The number of aromatic nitrogens is 4. The van der Waals surface area contributed by atoms with E-state index in [1.54, 1.807) is 12.1 Å². The maximum absolute atomic E-state index is 9.32. The minimum atomic E-state index is -0.583. The zero-order chi connectivity index (χ0) is 19.6. The molecule has 0 aliphatic carbocycles. The average Bonchev–Trinajstić information content (AvgIpc) is 3.12. The van der Waals surface area contributed by atoms with Crippen LogP contribution in [0.1, 0.15) is 36.4 Å². The van der Waals surface area contributed by atoms with Gasteiger partial charge < -0.3 is 11.1 Å². The summed E-state index contributed by atoms with van der Waals surface area (Å²) < 4.78 is 4.70. The van der Waals surface area contributed by atoms with Gasteiger partial charge in [0.2, 0.25) is 5.65 Å². The van der Waals surface area contributed by atoms with Crippen LogP contribution in [0.15, 0.2) is 16.8 Å². The summed E-state index contributed by atoms with van der Waals surface area (Å²) in [4.78, 5) is 8.89. The number of nitrogens with one attached hydrogen (secondary N) is 1. The summed E-state index contributed by atoms with van der Waals surface area (Å²) in [7, 11) is 0. The first-order valence-electron chi connectivity index (χ1n) is 8.27. The van der Waals surface area contributed by atoms with Gasteiger partial charge in [-0.15, -0.1) is 0 Å². The van der Waals surface area contributed by atoms with Crippen molar-refractivity contribution in [2.24, 2.45) is 5.41 Å². The van der Waals surface area contributed by atoms with E-state index in [2.05, 4.69) is 37.7 Å². The molecule has 0 spiro atoms. The molecule has 0 aliphatic rings. The van der Waals surface area contributed by atoms with E-state index in [9.17, 15) is 5.26 Å². The summed E-state index contributed by atoms with van der Waals surface area (Å²) >= 11 is 0. The van der Waals surface area contributed by atoms with Gasteiger partial charge >= 0.3 is 0 Å². The fourth-order valence-electron chi connectivity index (χ4n) is 2.56. The van der Waals surface area contributed by atoms with Gasteiger partial charge in [0.1, 0.15) is 11.9 Å². The highest BCUT2D eigenvalue weighted by Crippen LogP contribution is 2.26. The topological polar surface area (TPSA) is 150 Å². The van der Waals surface area contributed by atoms with E-state index in [-0.39, 0.29) is 0 Å². The third kappa shape index (κ3) is 3.62. The Kier molecular flexibility index (Phi) is 4.61. The van der Waals surface area contributed by atoms with E-state index in [0.717, 1.165) is 5.56 Å². The van der Waals surface area contributed by atoms with Crippen LogP contribution in [0, 0.1) is 35.0 Å². The smallest absolute Gasteiger partial charge is 0.226 e. The second-order valence-electron chi connectivity index (χ2n) is 6.86. The van der Waals surface area contributed by atoms with Crippen molar-refractivity contribution in [3.8, 4) is 12.1 Å². The number of anilines is 2. The molecule has 0 atom stereocenters. The molecule has 0 aromatic carbocycles. The first-order chi connectivity index (χ1) is 12.8. The average molecular weight is 362 g/mol. The molecular formula is C18H18N8O. The van der Waals surface area contributed by atoms with Crippen molar-refractivity contribution in [1.29, 1.82) is 10.5 Å². The highest BCUT2D eigenvalue weighted by Gasteiger charge is 2.19. The van der Waals surface area contributed by atoms with Crippen molar-refractivity contribution in [3.63, 3.8) is 0 Å². The Morgan fingerprint density at radius 2 is 2.00 bits per heavy atom. The largest absolute Gasteiger partial charge is 0.396 e. The van der Waals surface area contributed by atoms with Gasteiger partial charge in [-0.3, -0.25) is 0 Å². The Morgan fingerprint density at radius 1 is 1.22 bits per heavy atom. The molecule has 3 heterocycles. The van der Waals surface area contributed by atoms with Crippen LogP contribution in [0.5, 0.6) is 0 Å². The van der Waals surface area contributed by atoms with Gasteiger partial charge in [-0.2, -0.15) is 10.5 Å². The number of nitrogens with zero attached hydrogens (tertiary/aromatic N) is 6. The SMILES string of the molecule is Cc1nc2nonc2c(N)c1Cc1ccc(C#N)c(NCC(C)(C)C#N)n1. The lowest BCUT2D eigenvalue weighted by atomic mass is 9.96. The van der Waals surface area contributed by atoms with Crippen molar-refractivity contribution in [2.45, 2.75) is 27.2 Å². The third-order valence-electron chi connectivity index (χ3n) is 4.19. The van der Waals surface area contributed by atoms with Gasteiger partial charge in [0.15, 0.2) is 5.52 Å². The molecule has 9 nitrogen and oxygen atoms in total. The first kappa shape index (κ1) is 18.1. The number of nitriles is 2. The van der Waals surface area contributed by atoms with Crippen LogP contribution in [0.25, 0.3) is 11.2 Å². The fourth-order valence-corrected chi connectivity index (χ4v) is 2.56. The van der Waals surface area contributed by atoms with Crippen LogP contribution in [0.2, 0.25) is 0 Å². The molecule has 3 aromatic heterocycles. The highest BCUT2D eigenvalue weighted by molar-refractivity contribution is 5.85. The van der Waals surface area contributed by atoms with Gasteiger partial charge in [-0.25, -0.2) is 14.6 Å². The lowest BCUT2D eigenvalue weighted by Gasteiger charge is -2.17. The number of pyridine rings is 2. The number of hydrogen-bond donors (Lipinski definition) is 2. The minimum Gasteiger partial charge on any atom is -0.396 e. The number of rotatable bonds is 5. The molecule has 9 heteroatoms. The Hall–Kier alpha value is -3.72. The Morgan fingerprint density at radius 3 is 2.70 bits per heavy atom. The van der Waals surface area contributed by atoms with Crippen molar-refractivity contribution in [3.05, 3.63) is 34.6 Å². The second kappa shape index (κ2) is 6.89. The molecule has 0 radical (unpaired) electrons. The summed E-state index contributed by atoms with van der Waals surface area (Å²) in [5, 5.41) is 29.1. The van der Waals surface area contributed by atoms with E-state index in [0.29, 0.717) is 52.6 Å². The van der Waals surface area contributed by atoms with E-state index in [1.807, 2.05) is 20.8 Å². The molecule has 3 aromatic rings. The molecule has 0 bridgehead atoms. The summed E-state index contributed by atoms with van der Waals surface area (Å²) in [5.41, 5.74) is 9.45. The molecular weight excluding hydrogens is 344 g/mol. The third-order valence-corrected chi connectivity index (χ3v) is 4.19. The van der Waals surface area contributed by atoms with Crippen LogP contribution < -0.4 is 11.1 Å². The predicted molar refractivity (Wildman–Crippen MR) is 98.4 cm³/mol. The quantitative estimate of drug-likeness (QED) is 0.696. The maximum Gasteiger partial charge on any atom is 0.226 e. The molecule has 0 fully saturated rings. The number of nitrogens with two attached hydrogens (primary N) is 1. The summed E-state index contributed by atoms with van der Waals surface area (Å²) in [5.74, 6) is 0.437. The van der Waals surface area contributed by atoms with Crippen molar-refractivity contribution in [2.75, 3.05) is 17.6 Å². The molecule has 0 saturated heterocycles. The predicted octanol–water partition coefficient (Wildman–Crippen LogP) is 2.33. The first-order valence-corrected chi connectivity index (χ1v) is 8.27. The van der Waals surface area contributed by atoms with Crippen LogP contribution in [-0.4, -0.2) is 26.8 Å². The maximum atomic E-state index is 9.32. The molecule has 3 rings (SSSR count). The summed E-state index contributed by atoms with van der Waals surface area (Å²) in [6.45, 7) is 5.82. The minimum absolute atomic E-state index is 0.364. The van der Waals surface area contributed by atoms with Crippen molar-refractivity contribution in [1.82, 2.24) is 20.3 Å². The number of fused-ring (bicyclic) bond motifs is 1. The van der Waals surface area contributed by atoms with Crippen LogP contribution in [-0.2, 0) is 6.42 Å². The van der Waals surface area contributed by atoms with E-state index >= 15 is 0 Å². The molecule has 0 amide bonds. The van der Waals surface area contributed by atoms with Gasteiger partial charge in [0.25, 0.3) is 0 Å². The normalized spacial score (nSPS) is 11.1. The second-order valence-corrected chi connectivity index (χ2v) is 6.86. The summed E-state index contributed by atoms with van der Waals surface area (Å²) in [6, 6.07) is 7.78. The zero-order valence-electron chi connectivity index (χ0n) is 15.2. The molecule has 0 saturated carbocycles. The molecule has 0 unspecified atom stereocenters. The molecule has 0 aliphatic heterocycles. The van der Waals surface area contributed by atoms with Crippen LogP contribution in [0.4, 0.5) is 11.5 Å². The molecule has 3 N–H and O–H groups in total. The fraction of sp³-hybridized carbons (Fsp3) is 0.333. The van der Waals surface area contributed by atoms with Crippen LogP contribution >= 0.6 is 0 Å². The molecule has 27 heavy (non-hydrogen) atoms. The lowest BCUT2D eigenvalue weighted by molar-refractivity contribution is 0.315. The summed E-state index contributed by atoms with van der Waals surface area (Å²) in [6.07, 6.45) is 0.412. The highest BCUT2D eigenvalue weighted by atomic mass is 16.6. The van der Waals surface area contributed by atoms with Gasteiger partial charge in [0, 0.05) is 29.9 Å². The van der Waals surface area contributed by atoms with Gasteiger partial charge in [-0.1, -0.05) is 0 Å². The van der Waals surface area contributed by atoms with E-state index < -0.39 is 5.41 Å². The Bertz CT molecular complexity index is 1090. The van der Waals surface area contributed by atoms with Crippen LogP contribution in [0.3, 0.4) is 0 Å². The van der Waals surface area contributed by atoms with E-state index in [4.69, 9.17) is 15.6 Å².